The van der Waals surface area contributed by atoms with Crippen LogP contribution >= 0.6 is 0 Å². The van der Waals surface area contributed by atoms with Gasteiger partial charge in [-0.3, -0.25) is 0 Å². The number of nitrogens with one attached hydrogen (secondary N) is 1. The smallest absolute Gasteiger partial charge is 0.115 e. The third-order valence-corrected chi connectivity index (χ3v) is 3.99. The van der Waals surface area contributed by atoms with E-state index in [1.54, 1.807) is 0 Å². The van der Waals surface area contributed by atoms with Gasteiger partial charge in [-0.25, -0.2) is 0 Å². The van der Waals surface area contributed by atoms with Crippen LogP contribution in [0.25, 0.3) is 0 Å². The maximum absolute atomic E-state index is 9.43. The summed E-state index contributed by atoms with van der Waals surface area (Å²) in [5, 5.41) is 13.2. The molecule has 1 aromatic rings. The van der Waals surface area contributed by atoms with E-state index in [1.165, 1.54) is 36.8 Å². The van der Waals surface area contributed by atoms with Crippen molar-refractivity contribution in [2.24, 2.45) is 0 Å². The topological polar surface area (TPSA) is 32.3 Å². The van der Waals surface area contributed by atoms with Crippen LogP contribution in [0.1, 0.15) is 36.8 Å². The van der Waals surface area contributed by atoms with Gasteiger partial charge in [-0.05, 0) is 55.4 Å². The summed E-state index contributed by atoms with van der Waals surface area (Å²) < 4.78 is 0. The molecule has 0 amide bonds. The van der Waals surface area contributed by atoms with Crippen molar-refractivity contribution in [3.05, 3.63) is 29.3 Å². The molecule has 0 spiro atoms. The van der Waals surface area contributed by atoms with Gasteiger partial charge in [0.1, 0.15) is 5.75 Å². The first-order valence-corrected chi connectivity index (χ1v) is 6.38. The summed E-state index contributed by atoms with van der Waals surface area (Å²) in [4.78, 5) is 0. The third kappa shape index (κ3) is 1.94. The Labute approximate surface area is 96.7 Å². The molecule has 0 heterocycles. The van der Waals surface area contributed by atoms with Crippen molar-refractivity contribution in [3.8, 4) is 5.75 Å². The number of aromatic hydroxyl groups is 1. The number of aryl methyl sites for hydroxylation is 1. The highest BCUT2D eigenvalue weighted by Gasteiger charge is 2.24. The fourth-order valence-corrected chi connectivity index (χ4v) is 2.79. The minimum Gasteiger partial charge on any atom is -0.508 e. The number of benzene rings is 1. The lowest BCUT2D eigenvalue weighted by Crippen LogP contribution is -2.44. The van der Waals surface area contributed by atoms with Crippen molar-refractivity contribution in [2.45, 2.75) is 50.6 Å². The highest BCUT2D eigenvalue weighted by atomic mass is 16.3. The van der Waals surface area contributed by atoms with Crippen LogP contribution in [0.2, 0.25) is 0 Å². The van der Waals surface area contributed by atoms with Crippen molar-refractivity contribution in [1.29, 1.82) is 0 Å². The average Bonchev–Trinajstić information content (AvgIpc) is 2.23. The Hall–Kier alpha value is -1.02. The van der Waals surface area contributed by atoms with E-state index in [0.29, 0.717) is 11.8 Å². The van der Waals surface area contributed by atoms with E-state index in [1.807, 2.05) is 12.1 Å². The van der Waals surface area contributed by atoms with E-state index in [4.69, 9.17) is 0 Å². The predicted octanol–water partition coefficient (Wildman–Crippen LogP) is 2.39. The van der Waals surface area contributed by atoms with Crippen LogP contribution in [0, 0.1) is 0 Å². The van der Waals surface area contributed by atoms with Crippen LogP contribution in [-0.4, -0.2) is 17.2 Å². The molecule has 0 radical (unpaired) electrons. The molecule has 86 valence electrons. The summed E-state index contributed by atoms with van der Waals surface area (Å²) in [7, 11) is 0. The molecule has 0 bridgehead atoms. The van der Waals surface area contributed by atoms with Gasteiger partial charge in [0.05, 0.1) is 0 Å². The maximum Gasteiger partial charge on any atom is 0.115 e. The van der Waals surface area contributed by atoms with Gasteiger partial charge in [-0.1, -0.05) is 12.5 Å². The van der Waals surface area contributed by atoms with Gasteiger partial charge >= 0.3 is 0 Å². The molecule has 1 aromatic carbocycles. The summed E-state index contributed by atoms with van der Waals surface area (Å²) in [5.74, 6) is 0.407. The van der Waals surface area contributed by atoms with E-state index in [-0.39, 0.29) is 0 Å². The van der Waals surface area contributed by atoms with E-state index in [0.717, 1.165) is 18.9 Å². The molecule has 0 aromatic heterocycles. The lowest BCUT2D eigenvalue weighted by atomic mass is 9.85. The third-order valence-electron chi connectivity index (χ3n) is 3.99. The molecule has 1 unspecified atom stereocenters. The molecule has 2 aliphatic rings. The highest BCUT2D eigenvalue weighted by molar-refractivity contribution is 5.37. The second-order valence-corrected chi connectivity index (χ2v) is 5.19. The van der Waals surface area contributed by atoms with Gasteiger partial charge in [0.2, 0.25) is 0 Å². The molecule has 1 saturated carbocycles. The van der Waals surface area contributed by atoms with Gasteiger partial charge in [0.25, 0.3) is 0 Å². The summed E-state index contributed by atoms with van der Waals surface area (Å²) in [6, 6.07) is 7.25. The molecular weight excluding hydrogens is 198 g/mol. The highest BCUT2D eigenvalue weighted by Crippen LogP contribution is 2.27. The van der Waals surface area contributed by atoms with Crippen LogP contribution in [0.5, 0.6) is 5.75 Å². The normalized spacial score (nSPS) is 24.9. The molecule has 2 aliphatic carbocycles. The van der Waals surface area contributed by atoms with Crippen LogP contribution in [-0.2, 0) is 12.8 Å². The van der Waals surface area contributed by atoms with Gasteiger partial charge in [-0.15, -0.1) is 0 Å². The first-order valence-electron chi connectivity index (χ1n) is 6.38. The van der Waals surface area contributed by atoms with Crippen LogP contribution in [0.15, 0.2) is 18.2 Å². The molecule has 16 heavy (non-hydrogen) atoms. The van der Waals surface area contributed by atoms with Crippen LogP contribution in [0.4, 0.5) is 0 Å². The van der Waals surface area contributed by atoms with Crippen molar-refractivity contribution in [2.75, 3.05) is 0 Å². The quantitative estimate of drug-likeness (QED) is 0.797. The first-order chi connectivity index (χ1) is 7.81. The van der Waals surface area contributed by atoms with Crippen molar-refractivity contribution >= 4 is 0 Å². The lowest BCUT2D eigenvalue weighted by molar-refractivity contribution is 0.290. The van der Waals surface area contributed by atoms with E-state index < -0.39 is 0 Å². The minimum absolute atomic E-state index is 0.407. The van der Waals surface area contributed by atoms with Crippen molar-refractivity contribution in [3.63, 3.8) is 0 Å². The molecule has 0 aliphatic heterocycles. The second kappa shape index (κ2) is 4.10. The molecular formula is C14H19NO. The Kier molecular flexibility index (Phi) is 2.60. The molecule has 1 atom stereocenters. The average molecular weight is 217 g/mol. The molecule has 2 N–H and O–H groups in total. The van der Waals surface area contributed by atoms with Gasteiger partial charge < -0.3 is 10.4 Å². The summed E-state index contributed by atoms with van der Waals surface area (Å²) in [6.45, 7) is 0. The van der Waals surface area contributed by atoms with Crippen LogP contribution < -0.4 is 5.32 Å². The predicted molar refractivity (Wildman–Crippen MR) is 64.7 cm³/mol. The van der Waals surface area contributed by atoms with Gasteiger partial charge in [0.15, 0.2) is 0 Å². The van der Waals surface area contributed by atoms with E-state index in [9.17, 15) is 5.11 Å². The Morgan fingerprint density at radius 3 is 2.69 bits per heavy atom. The molecule has 1 fully saturated rings. The first kappa shape index (κ1) is 10.2. The van der Waals surface area contributed by atoms with Crippen molar-refractivity contribution < 1.29 is 5.11 Å². The maximum atomic E-state index is 9.43. The number of phenolic OH excluding ortho intramolecular Hbond substituents is 1. The second-order valence-electron chi connectivity index (χ2n) is 5.19. The van der Waals surface area contributed by atoms with Gasteiger partial charge in [0, 0.05) is 12.1 Å². The summed E-state index contributed by atoms with van der Waals surface area (Å²) in [6.07, 6.45) is 7.57. The number of fused-ring (bicyclic) bond motifs is 1. The summed E-state index contributed by atoms with van der Waals surface area (Å²) in [5.41, 5.74) is 2.76. The fraction of sp³-hybridized carbons (Fsp3) is 0.571. The molecule has 0 saturated heterocycles. The van der Waals surface area contributed by atoms with Crippen LogP contribution in [0.3, 0.4) is 0 Å². The number of rotatable bonds is 2. The largest absolute Gasteiger partial charge is 0.508 e. The zero-order chi connectivity index (χ0) is 11.0. The standard InChI is InChI=1S/C14H19NO/c16-14-7-5-10-8-13(6-4-11(10)9-14)15-12-2-1-3-12/h5,7,9,12-13,15-16H,1-4,6,8H2. The fourth-order valence-electron chi connectivity index (χ4n) is 2.79. The van der Waals surface area contributed by atoms with Gasteiger partial charge in [-0.2, -0.15) is 0 Å². The van der Waals surface area contributed by atoms with E-state index in [2.05, 4.69) is 11.4 Å². The summed E-state index contributed by atoms with van der Waals surface area (Å²) >= 11 is 0. The number of phenols is 1. The molecule has 2 heteroatoms. The number of hydrogen-bond acceptors (Lipinski definition) is 2. The molecule has 3 rings (SSSR count). The SMILES string of the molecule is Oc1ccc2c(c1)CCC(NC1CCC1)C2. The zero-order valence-electron chi connectivity index (χ0n) is 9.58. The van der Waals surface area contributed by atoms with Crippen molar-refractivity contribution in [1.82, 2.24) is 5.32 Å². The zero-order valence-corrected chi connectivity index (χ0v) is 9.58. The molecule has 2 nitrogen and oxygen atoms in total. The lowest BCUT2D eigenvalue weighted by Gasteiger charge is -2.34. The Balaban J connectivity index is 1.68. The minimum atomic E-state index is 0.407. The monoisotopic (exact) mass is 217 g/mol. The Morgan fingerprint density at radius 2 is 1.94 bits per heavy atom. The Morgan fingerprint density at radius 1 is 1.06 bits per heavy atom. The Bertz CT molecular complexity index is 384. The van der Waals surface area contributed by atoms with E-state index >= 15 is 0 Å². The number of hydrogen-bond donors (Lipinski definition) is 2.